The number of pyridine rings is 1. The summed E-state index contributed by atoms with van der Waals surface area (Å²) in [4.78, 5) is 28.5. The van der Waals surface area contributed by atoms with Crippen LogP contribution in [-0.2, 0) is 9.53 Å². The van der Waals surface area contributed by atoms with Gasteiger partial charge in [-0.25, -0.2) is 9.78 Å². The summed E-state index contributed by atoms with van der Waals surface area (Å²) in [6.45, 7) is 5.51. The Bertz CT molecular complexity index is 1030. The summed E-state index contributed by atoms with van der Waals surface area (Å²) in [7, 11) is 0. The van der Waals surface area contributed by atoms with Gasteiger partial charge in [0.2, 0.25) is 5.76 Å². The number of aromatic nitrogens is 2. The van der Waals surface area contributed by atoms with E-state index in [1.54, 1.807) is 19.1 Å². The van der Waals surface area contributed by atoms with Crippen molar-refractivity contribution >= 4 is 17.7 Å². The number of aryl methyl sites for hydroxylation is 2. The van der Waals surface area contributed by atoms with E-state index in [0.717, 1.165) is 25.7 Å². The normalized spacial score (nSPS) is 21.7. The Hall–Kier alpha value is -3.10. The molecule has 1 amide bonds. The first-order chi connectivity index (χ1) is 16.3. The van der Waals surface area contributed by atoms with E-state index in [0.29, 0.717) is 53.0 Å². The molecule has 2 aromatic rings. The highest BCUT2D eigenvalue weighted by atomic mass is 16.6. The number of rotatable bonds is 7. The molecule has 9 nitrogen and oxygen atoms in total. The van der Waals surface area contributed by atoms with Crippen LogP contribution in [0.4, 0.5) is 10.5 Å². The van der Waals surface area contributed by atoms with Gasteiger partial charge in [0.1, 0.15) is 28.9 Å². The smallest absolute Gasteiger partial charge is 0.412 e. The highest BCUT2D eigenvalue weighted by Crippen LogP contribution is 2.34. The van der Waals surface area contributed by atoms with Gasteiger partial charge in [-0.2, -0.15) is 0 Å². The first-order valence-corrected chi connectivity index (χ1v) is 12.1. The van der Waals surface area contributed by atoms with E-state index in [1.165, 1.54) is 12.8 Å². The van der Waals surface area contributed by atoms with Crippen molar-refractivity contribution in [3.8, 4) is 17.2 Å². The third kappa shape index (κ3) is 5.51. The van der Waals surface area contributed by atoms with Crippen molar-refractivity contribution in [3.05, 3.63) is 23.5 Å². The molecule has 2 aliphatic rings. The zero-order valence-corrected chi connectivity index (χ0v) is 20.0. The zero-order valence-electron chi connectivity index (χ0n) is 20.0. The number of carbonyl (C=O) groups is 2. The second kappa shape index (κ2) is 10.4. The fourth-order valence-electron chi connectivity index (χ4n) is 4.97. The molecule has 0 bridgehead atoms. The summed E-state index contributed by atoms with van der Waals surface area (Å²) in [5, 5.41) is 16.1. The number of hydrogen-bond donors (Lipinski definition) is 2. The lowest BCUT2D eigenvalue weighted by Gasteiger charge is -2.27. The second-order valence-corrected chi connectivity index (χ2v) is 9.47. The van der Waals surface area contributed by atoms with Crippen LogP contribution in [0.3, 0.4) is 0 Å². The van der Waals surface area contributed by atoms with Crippen LogP contribution >= 0.6 is 0 Å². The van der Waals surface area contributed by atoms with E-state index in [-0.39, 0.29) is 18.1 Å². The molecule has 4 rings (SSSR count). The number of ether oxygens (including phenoxy) is 2. The standard InChI is InChI=1S/C25H33N3O6/c1-14-21(33-19-10-6-9-18(13-19)24(29)30)12-11-20(26-14)23-22(15(2)28-34-23)27-25(31)32-16(3)17-7-4-5-8-17/h11-12,16-19H,4-10,13H2,1-3H3,(H,27,31)(H,29,30)/t16-,18?,19?/m1/s1. The molecule has 3 atom stereocenters. The fraction of sp³-hybridized carbons (Fsp3) is 0.600. The average Bonchev–Trinajstić information content (AvgIpc) is 3.46. The molecule has 2 fully saturated rings. The molecule has 34 heavy (non-hydrogen) atoms. The summed E-state index contributed by atoms with van der Waals surface area (Å²) >= 11 is 0. The molecule has 0 aromatic carbocycles. The average molecular weight is 472 g/mol. The number of anilines is 1. The van der Waals surface area contributed by atoms with Gasteiger partial charge >= 0.3 is 12.1 Å². The molecular formula is C25H33N3O6. The summed E-state index contributed by atoms with van der Waals surface area (Å²) in [6.07, 6.45) is 6.53. The number of carbonyl (C=O) groups excluding carboxylic acids is 1. The van der Waals surface area contributed by atoms with Crippen LogP contribution in [0.5, 0.6) is 5.75 Å². The number of hydrogen-bond acceptors (Lipinski definition) is 7. The molecule has 184 valence electrons. The monoisotopic (exact) mass is 471 g/mol. The number of nitrogens with zero attached hydrogens (tertiary/aromatic N) is 2. The third-order valence-electron chi connectivity index (χ3n) is 6.99. The maximum absolute atomic E-state index is 12.5. The molecular weight excluding hydrogens is 438 g/mol. The van der Waals surface area contributed by atoms with Gasteiger partial charge in [0.25, 0.3) is 0 Å². The predicted molar refractivity (Wildman–Crippen MR) is 125 cm³/mol. The van der Waals surface area contributed by atoms with Crippen molar-refractivity contribution in [2.75, 3.05) is 5.32 Å². The van der Waals surface area contributed by atoms with Crippen molar-refractivity contribution in [1.29, 1.82) is 0 Å². The molecule has 2 aliphatic carbocycles. The van der Waals surface area contributed by atoms with Crippen LogP contribution in [0, 0.1) is 25.7 Å². The molecule has 2 heterocycles. The van der Waals surface area contributed by atoms with E-state index >= 15 is 0 Å². The van der Waals surface area contributed by atoms with E-state index in [1.807, 2.05) is 13.8 Å². The molecule has 0 saturated heterocycles. The number of carboxylic acid groups (broad SMARTS) is 1. The van der Waals surface area contributed by atoms with Crippen LogP contribution in [0.15, 0.2) is 16.7 Å². The summed E-state index contributed by atoms with van der Waals surface area (Å²) in [5.74, 6) is 0.223. The van der Waals surface area contributed by atoms with E-state index in [9.17, 15) is 14.7 Å². The molecule has 0 aliphatic heterocycles. The molecule has 9 heteroatoms. The predicted octanol–water partition coefficient (Wildman–Crippen LogP) is 5.50. The van der Waals surface area contributed by atoms with Gasteiger partial charge in [0.05, 0.1) is 17.7 Å². The Kier molecular flexibility index (Phi) is 7.38. The van der Waals surface area contributed by atoms with E-state index < -0.39 is 12.1 Å². The molecule has 0 spiro atoms. The van der Waals surface area contributed by atoms with Crippen molar-refractivity contribution < 1.29 is 28.7 Å². The number of nitrogens with one attached hydrogen (secondary N) is 1. The van der Waals surface area contributed by atoms with Crippen LogP contribution in [0.2, 0.25) is 0 Å². The maximum atomic E-state index is 12.5. The third-order valence-corrected chi connectivity index (χ3v) is 6.99. The fourth-order valence-corrected chi connectivity index (χ4v) is 4.97. The van der Waals surface area contributed by atoms with Crippen LogP contribution in [0.25, 0.3) is 11.5 Å². The van der Waals surface area contributed by atoms with Gasteiger partial charge in [-0.05, 0) is 77.3 Å². The van der Waals surface area contributed by atoms with Crippen LogP contribution in [-0.4, -0.2) is 39.5 Å². The molecule has 2 N–H and O–H groups in total. The topological polar surface area (TPSA) is 124 Å². The number of carboxylic acids is 1. The summed E-state index contributed by atoms with van der Waals surface area (Å²) in [5.41, 5.74) is 2.12. The Morgan fingerprint density at radius 3 is 2.59 bits per heavy atom. The minimum Gasteiger partial charge on any atom is -0.489 e. The molecule has 0 radical (unpaired) electrons. The first-order valence-electron chi connectivity index (χ1n) is 12.1. The molecule has 2 unspecified atom stereocenters. The van der Waals surface area contributed by atoms with Gasteiger partial charge in [0.15, 0.2) is 0 Å². The Balaban J connectivity index is 1.44. The van der Waals surface area contributed by atoms with Gasteiger partial charge in [-0.15, -0.1) is 0 Å². The van der Waals surface area contributed by atoms with Crippen molar-refractivity contribution in [2.45, 2.75) is 84.3 Å². The lowest BCUT2D eigenvalue weighted by atomic mass is 9.87. The summed E-state index contributed by atoms with van der Waals surface area (Å²) < 4.78 is 17.2. The van der Waals surface area contributed by atoms with Gasteiger partial charge < -0.3 is 19.1 Å². The highest BCUT2D eigenvalue weighted by molar-refractivity contribution is 5.90. The van der Waals surface area contributed by atoms with Crippen molar-refractivity contribution in [1.82, 2.24) is 10.1 Å². The second-order valence-electron chi connectivity index (χ2n) is 9.47. The largest absolute Gasteiger partial charge is 0.489 e. The lowest BCUT2D eigenvalue weighted by Crippen LogP contribution is -2.29. The lowest BCUT2D eigenvalue weighted by molar-refractivity contribution is -0.143. The maximum Gasteiger partial charge on any atom is 0.412 e. The quantitative estimate of drug-likeness (QED) is 0.542. The molecule has 2 saturated carbocycles. The van der Waals surface area contributed by atoms with Gasteiger partial charge in [-0.3, -0.25) is 10.1 Å². The Labute approximate surface area is 199 Å². The van der Waals surface area contributed by atoms with Gasteiger partial charge in [0, 0.05) is 0 Å². The number of aliphatic carboxylic acids is 1. The Morgan fingerprint density at radius 2 is 1.88 bits per heavy atom. The van der Waals surface area contributed by atoms with E-state index in [4.69, 9.17) is 14.0 Å². The van der Waals surface area contributed by atoms with Crippen LogP contribution < -0.4 is 10.1 Å². The first kappa shape index (κ1) is 24.0. The van der Waals surface area contributed by atoms with Crippen molar-refractivity contribution in [2.24, 2.45) is 11.8 Å². The Morgan fingerprint density at radius 1 is 1.12 bits per heavy atom. The van der Waals surface area contributed by atoms with E-state index in [2.05, 4.69) is 15.5 Å². The summed E-state index contributed by atoms with van der Waals surface area (Å²) in [6, 6.07) is 3.54. The highest BCUT2D eigenvalue weighted by Gasteiger charge is 2.29. The minimum absolute atomic E-state index is 0.150. The number of amides is 1. The zero-order chi connectivity index (χ0) is 24.2. The SMILES string of the molecule is Cc1nc(-c2onc(C)c2NC(=O)O[C@H](C)C2CCCC2)ccc1OC1CCCC(C(=O)O)C1. The van der Waals surface area contributed by atoms with Crippen LogP contribution in [0.1, 0.15) is 69.7 Å². The van der Waals surface area contributed by atoms with Gasteiger partial charge in [-0.1, -0.05) is 18.0 Å². The minimum atomic E-state index is -0.768. The molecule has 2 aromatic heterocycles. The van der Waals surface area contributed by atoms with Crippen molar-refractivity contribution in [3.63, 3.8) is 0 Å².